The summed E-state index contributed by atoms with van der Waals surface area (Å²) >= 11 is 0. The molecule has 0 bridgehead atoms. The van der Waals surface area contributed by atoms with Crippen molar-refractivity contribution in [3.05, 3.63) is 23.8 Å². The van der Waals surface area contributed by atoms with Crippen molar-refractivity contribution in [2.75, 3.05) is 13.7 Å². The first-order valence-corrected chi connectivity index (χ1v) is 6.50. The summed E-state index contributed by atoms with van der Waals surface area (Å²) in [6.07, 6.45) is 1.49. The van der Waals surface area contributed by atoms with Gasteiger partial charge in [-0.05, 0) is 43.0 Å². The second-order valence-electron chi connectivity index (χ2n) is 5.02. The van der Waals surface area contributed by atoms with Gasteiger partial charge in [0, 0.05) is 0 Å². The van der Waals surface area contributed by atoms with Crippen molar-refractivity contribution in [3.63, 3.8) is 0 Å². The minimum absolute atomic E-state index is 0.0840. The molecule has 1 aromatic rings. The van der Waals surface area contributed by atoms with Gasteiger partial charge in [-0.3, -0.25) is 0 Å². The highest BCUT2D eigenvalue weighted by molar-refractivity contribution is 5.46. The Bertz CT molecular complexity index is 466. The number of nitriles is 1. The zero-order valence-corrected chi connectivity index (χ0v) is 11.8. The van der Waals surface area contributed by atoms with E-state index in [4.69, 9.17) is 10.5 Å². The van der Waals surface area contributed by atoms with Gasteiger partial charge in [-0.25, -0.2) is 0 Å². The molecule has 0 spiro atoms. The third-order valence-corrected chi connectivity index (χ3v) is 3.66. The molecule has 4 nitrogen and oxygen atoms in total. The van der Waals surface area contributed by atoms with Crippen LogP contribution in [0, 0.1) is 17.2 Å². The van der Waals surface area contributed by atoms with Crippen LogP contribution in [0.5, 0.6) is 11.5 Å². The Kier molecular flexibility index (Phi) is 5.20. The van der Waals surface area contributed by atoms with E-state index in [1.54, 1.807) is 18.2 Å². The summed E-state index contributed by atoms with van der Waals surface area (Å²) in [7, 11) is 1.50. The first-order chi connectivity index (χ1) is 9.01. The Morgan fingerprint density at radius 3 is 2.63 bits per heavy atom. The molecule has 1 unspecified atom stereocenters. The standard InChI is InChI=1S/C15H22N2O2/c1-11(2)15(10-17,7-4-8-16)12-5-6-13(18)14(9-12)19-3/h5-6,9,11,18H,4,7-8,16H2,1-3H3. The molecule has 1 rings (SSSR count). The van der Waals surface area contributed by atoms with Crippen LogP contribution in [-0.4, -0.2) is 18.8 Å². The lowest BCUT2D eigenvalue weighted by Crippen LogP contribution is -2.31. The van der Waals surface area contributed by atoms with Crippen LogP contribution in [0.25, 0.3) is 0 Å². The molecule has 0 amide bonds. The maximum atomic E-state index is 9.67. The molecule has 0 fully saturated rings. The van der Waals surface area contributed by atoms with Gasteiger partial charge in [0.1, 0.15) is 0 Å². The van der Waals surface area contributed by atoms with Crippen molar-refractivity contribution in [3.8, 4) is 17.6 Å². The predicted octanol–water partition coefficient (Wildman–Crippen LogP) is 2.56. The Hall–Kier alpha value is -1.73. The molecule has 0 aliphatic heterocycles. The lowest BCUT2D eigenvalue weighted by Gasteiger charge is -2.31. The fourth-order valence-electron chi connectivity index (χ4n) is 2.35. The second-order valence-corrected chi connectivity index (χ2v) is 5.02. The average molecular weight is 262 g/mol. The van der Waals surface area contributed by atoms with Gasteiger partial charge in [0.05, 0.1) is 18.6 Å². The normalized spacial score (nSPS) is 13.9. The van der Waals surface area contributed by atoms with E-state index < -0.39 is 5.41 Å². The van der Waals surface area contributed by atoms with Crippen LogP contribution in [0.3, 0.4) is 0 Å². The highest BCUT2D eigenvalue weighted by atomic mass is 16.5. The smallest absolute Gasteiger partial charge is 0.160 e. The van der Waals surface area contributed by atoms with Gasteiger partial charge in [-0.2, -0.15) is 5.26 Å². The van der Waals surface area contributed by atoms with Gasteiger partial charge >= 0.3 is 0 Å². The Morgan fingerprint density at radius 2 is 2.16 bits per heavy atom. The molecular weight excluding hydrogens is 240 g/mol. The molecule has 1 aromatic carbocycles. The maximum absolute atomic E-state index is 9.67. The van der Waals surface area contributed by atoms with E-state index in [1.807, 2.05) is 13.8 Å². The van der Waals surface area contributed by atoms with Gasteiger partial charge in [0.25, 0.3) is 0 Å². The van der Waals surface area contributed by atoms with Gasteiger partial charge in [0.2, 0.25) is 0 Å². The molecular formula is C15H22N2O2. The Labute approximate surface area is 114 Å². The second kappa shape index (κ2) is 6.44. The molecule has 0 aliphatic carbocycles. The van der Waals surface area contributed by atoms with Crippen molar-refractivity contribution in [2.24, 2.45) is 11.7 Å². The highest BCUT2D eigenvalue weighted by Crippen LogP contribution is 2.39. The molecule has 19 heavy (non-hydrogen) atoms. The third kappa shape index (κ3) is 2.99. The predicted molar refractivity (Wildman–Crippen MR) is 75.1 cm³/mol. The zero-order chi connectivity index (χ0) is 14.5. The van der Waals surface area contributed by atoms with Crippen molar-refractivity contribution in [2.45, 2.75) is 32.1 Å². The van der Waals surface area contributed by atoms with Crippen LogP contribution in [0.15, 0.2) is 18.2 Å². The van der Waals surface area contributed by atoms with Gasteiger partial charge in [-0.15, -0.1) is 0 Å². The molecule has 0 saturated carbocycles. The van der Waals surface area contributed by atoms with E-state index in [2.05, 4.69) is 6.07 Å². The molecule has 0 heterocycles. The summed E-state index contributed by atoms with van der Waals surface area (Å²) in [5, 5.41) is 19.3. The summed E-state index contributed by atoms with van der Waals surface area (Å²) in [6.45, 7) is 4.61. The van der Waals surface area contributed by atoms with Crippen LogP contribution < -0.4 is 10.5 Å². The van der Waals surface area contributed by atoms with E-state index in [-0.39, 0.29) is 11.7 Å². The van der Waals surface area contributed by atoms with E-state index >= 15 is 0 Å². The number of hydrogen-bond donors (Lipinski definition) is 2. The first kappa shape index (κ1) is 15.3. The number of phenols is 1. The average Bonchev–Trinajstić information content (AvgIpc) is 2.41. The highest BCUT2D eigenvalue weighted by Gasteiger charge is 2.35. The van der Waals surface area contributed by atoms with Crippen molar-refractivity contribution in [1.82, 2.24) is 0 Å². The summed E-state index contributed by atoms with van der Waals surface area (Å²) in [5.74, 6) is 0.629. The largest absolute Gasteiger partial charge is 0.504 e. The molecule has 0 saturated heterocycles. The third-order valence-electron chi connectivity index (χ3n) is 3.66. The number of phenolic OH excluding ortho intramolecular Hbond substituents is 1. The minimum Gasteiger partial charge on any atom is -0.504 e. The Balaban J connectivity index is 3.28. The molecule has 4 heteroatoms. The molecule has 0 aromatic heterocycles. The van der Waals surface area contributed by atoms with Crippen LogP contribution in [0.1, 0.15) is 32.3 Å². The van der Waals surface area contributed by atoms with Gasteiger partial charge in [0.15, 0.2) is 11.5 Å². The van der Waals surface area contributed by atoms with Gasteiger partial charge < -0.3 is 15.6 Å². The van der Waals surface area contributed by atoms with E-state index in [1.165, 1.54) is 7.11 Å². The van der Waals surface area contributed by atoms with E-state index in [0.717, 1.165) is 12.0 Å². The molecule has 0 radical (unpaired) electrons. The summed E-state index contributed by atoms with van der Waals surface area (Å²) in [4.78, 5) is 0. The lowest BCUT2D eigenvalue weighted by molar-refractivity contribution is 0.350. The summed E-state index contributed by atoms with van der Waals surface area (Å²) in [6, 6.07) is 7.55. The van der Waals surface area contributed by atoms with Crippen LogP contribution >= 0.6 is 0 Å². The number of ether oxygens (including phenoxy) is 1. The van der Waals surface area contributed by atoms with Crippen molar-refractivity contribution < 1.29 is 9.84 Å². The lowest BCUT2D eigenvalue weighted by atomic mass is 9.70. The van der Waals surface area contributed by atoms with Gasteiger partial charge in [-0.1, -0.05) is 19.9 Å². The van der Waals surface area contributed by atoms with Crippen LogP contribution in [0.2, 0.25) is 0 Å². The zero-order valence-electron chi connectivity index (χ0n) is 11.8. The monoisotopic (exact) mass is 262 g/mol. The van der Waals surface area contributed by atoms with E-state index in [9.17, 15) is 10.4 Å². The summed E-state index contributed by atoms with van der Waals surface area (Å²) < 4.78 is 5.13. The number of aromatic hydroxyl groups is 1. The minimum atomic E-state index is -0.597. The SMILES string of the molecule is COc1cc(C(C#N)(CCCN)C(C)C)ccc1O. The number of nitrogens with two attached hydrogens (primary N) is 1. The first-order valence-electron chi connectivity index (χ1n) is 6.50. The Morgan fingerprint density at radius 1 is 1.47 bits per heavy atom. The molecule has 1 atom stereocenters. The number of rotatable bonds is 6. The molecule has 3 N–H and O–H groups in total. The van der Waals surface area contributed by atoms with Crippen LogP contribution in [0.4, 0.5) is 0 Å². The van der Waals surface area contributed by atoms with Crippen LogP contribution in [-0.2, 0) is 5.41 Å². The number of benzene rings is 1. The van der Waals surface area contributed by atoms with Crippen molar-refractivity contribution >= 4 is 0 Å². The van der Waals surface area contributed by atoms with Crippen molar-refractivity contribution in [1.29, 1.82) is 5.26 Å². The topological polar surface area (TPSA) is 79.3 Å². The maximum Gasteiger partial charge on any atom is 0.160 e. The fourth-order valence-corrected chi connectivity index (χ4v) is 2.35. The number of hydrogen-bond acceptors (Lipinski definition) is 4. The quantitative estimate of drug-likeness (QED) is 0.825. The number of methoxy groups -OCH3 is 1. The summed E-state index contributed by atoms with van der Waals surface area (Å²) in [5.41, 5.74) is 5.85. The molecule has 104 valence electrons. The fraction of sp³-hybridized carbons (Fsp3) is 0.533. The van der Waals surface area contributed by atoms with E-state index in [0.29, 0.717) is 18.7 Å². The molecule has 0 aliphatic rings. The number of nitrogens with zero attached hydrogens (tertiary/aromatic N) is 1.